The molecule has 4 rings (SSSR count). The Kier molecular flexibility index (Phi) is 4.37. The largest absolute Gasteiger partial charge is 0.353 e. The molecule has 2 aromatic carbocycles. The maximum absolute atomic E-state index is 13.5. The molecule has 0 unspecified atom stereocenters. The standard InChI is InChI=1S/C20H22ClFN4/c1-11-5-18-19(6-12(11)2)26(10-13-3-4-17(22)16(21)7-13)20(25-18)24-15-8-14(23)9-15/h3-7,14-15H,8-10,23H2,1-2H3,(H,24,25). The van der Waals surface area contributed by atoms with Crippen molar-refractivity contribution in [1.82, 2.24) is 9.55 Å². The second-order valence-corrected chi connectivity index (χ2v) is 7.68. The molecule has 6 heteroatoms. The molecule has 0 radical (unpaired) electrons. The minimum Gasteiger partial charge on any atom is -0.353 e. The summed E-state index contributed by atoms with van der Waals surface area (Å²) in [5.74, 6) is 0.418. The van der Waals surface area contributed by atoms with E-state index in [-0.39, 0.29) is 11.1 Å². The first-order chi connectivity index (χ1) is 12.4. The Morgan fingerprint density at radius 1 is 1.23 bits per heavy atom. The van der Waals surface area contributed by atoms with E-state index in [9.17, 15) is 4.39 Å². The van der Waals surface area contributed by atoms with E-state index in [0.717, 1.165) is 35.4 Å². The van der Waals surface area contributed by atoms with Crippen molar-refractivity contribution in [1.29, 1.82) is 0 Å². The lowest BCUT2D eigenvalue weighted by atomic mass is 9.88. The van der Waals surface area contributed by atoms with Gasteiger partial charge >= 0.3 is 0 Å². The van der Waals surface area contributed by atoms with Crippen LogP contribution in [0.5, 0.6) is 0 Å². The Morgan fingerprint density at radius 3 is 2.65 bits per heavy atom. The number of nitrogens with two attached hydrogens (primary N) is 1. The number of aromatic nitrogens is 2. The Hall–Kier alpha value is -2.11. The third kappa shape index (κ3) is 3.17. The molecule has 0 atom stereocenters. The van der Waals surface area contributed by atoms with E-state index < -0.39 is 5.82 Å². The van der Waals surface area contributed by atoms with E-state index in [1.165, 1.54) is 17.2 Å². The van der Waals surface area contributed by atoms with Crippen LogP contribution in [0.4, 0.5) is 10.3 Å². The monoisotopic (exact) mass is 372 g/mol. The van der Waals surface area contributed by atoms with Crippen molar-refractivity contribution in [2.45, 2.75) is 45.3 Å². The molecule has 0 amide bonds. The number of nitrogens with zero attached hydrogens (tertiary/aromatic N) is 2. The van der Waals surface area contributed by atoms with Gasteiger partial charge in [0, 0.05) is 12.1 Å². The van der Waals surface area contributed by atoms with Gasteiger partial charge in [-0.2, -0.15) is 0 Å². The summed E-state index contributed by atoms with van der Waals surface area (Å²) < 4.78 is 15.6. The van der Waals surface area contributed by atoms with Crippen LogP contribution >= 0.6 is 11.6 Å². The van der Waals surface area contributed by atoms with Gasteiger partial charge in [0.1, 0.15) is 5.82 Å². The minimum absolute atomic E-state index is 0.137. The molecule has 1 saturated carbocycles. The molecule has 3 N–H and O–H groups in total. The molecule has 0 saturated heterocycles. The molecule has 26 heavy (non-hydrogen) atoms. The molecular formula is C20H22ClFN4. The van der Waals surface area contributed by atoms with Gasteiger partial charge in [0.25, 0.3) is 0 Å². The first kappa shape index (κ1) is 17.3. The summed E-state index contributed by atoms with van der Waals surface area (Å²) in [5.41, 5.74) is 11.3. The number of anilines is 1. The summed E-state index contributed by atoms with van der Waals surface area (Å²) in [6, 6.07) is 9.72. The fraction of sp³-hybridized carbons (Fsp3) is 0.350. The van der Waals surface area contributed by atoms with Gasteiger partial charge in [-0.1, -0.05) is 17.7 Å². The molecule has 1 heterocycles. The summed E-state index contributed by atoms with van der Waals surface area (Å²) in [4.78, 5) is 4.80. The first-order valence-electron chi connectivity index (χ1n) is 8.84. The molecule has 136 valence electrons. The normalized spacial score (nSPS) is 19.6. The predicted octanol–water partition coefficient (Wildman–Crippen LogP) is 4.40. The van der Waals surface area contributed by atoms with E-state index in [0.29, 0.717) is 12.6 Å². The van der Waals surface area contributed by atoms with E-state index in [1.54, 1.807) is 12.1 Å². The molecule has 0 spiro atoms. The molecule has 0 aliphatic heterocycles. The van der Waals surface area contributed by atoms with Crippen molar-refractivity contribution in [3.63, 3.8) is 0 Å². The number of fused-ring (bicyclic) bond motifs is 1. The lowest BCUT2D eigenvalue weighted by molar-refractivity contribution is 0.371. The molecule has 1 fully saturated rings. The third-order valence-electron chi connectivity index (χ3n) is 5.20. The lowest BCUT2D eigenvalue weighted by Crippen LogP contribution is -2.44. The zero-order valence-corrected chi connectivity index (χ0v) is 15.6. The van der Waals surface area contributed by atoms with Gasteiger partial charge in [-0.25, -0.2) is 9.37 Å². The van der Waals surface area contributed by atoms with E-state index >= 15 is 0 Å². The van der Waals surface area contributed by atoms with Crippen LogP contribution in [0.15, 0.2) is 30.3 Å². The number of aryl methyl sites for hydroxylation is 2. The highest BCUT2D eigenvalue weighted by molar-refractivity contribution is 6.30. The van der Waals surface area contributed by atoms with E-state index in [4.69, 9.17) is 22.3 Å². The zero-order valence-electron chi connectivity index (χ0n) is 14.9. The van der Waals surface area contributed by atoms with Crippen LogP contribution in [0.3, 0.4) is 0 Å². The summed E-state index contributed by atoms with van der Waals surface area (Å²) in [6.45, 7) is 4.75. The zero-order chi connectivity index (χ0) is 18.4. The number of hydrogen-bond acceptors (Lipinski definition) is 3. The molecule has 4 nitrogen and oxygen atoms in total. The number of hydrogen-bond donors (Lipinski definition) is 2. The lowest BCUT2D eigenvalue weighted by Gasteiger charge is -2.33. The number of halogens is 2. The Bertz CT molecular complexity index is 976. The highest BCUT2D eigenvalue weighted by Gasteiger charge is 2.27. The Labute approximate surface area is 157 Å². The summed E-state index contributed by atoms with van der Waals surface area (Å²) in [6.07, 6.45) is 1.90. The van der Waals surface area contributed by atoms with Crippen molar-refractivity contribution in [2.24, 2.45) is 5.73 Å². The van der Waals surface area contributed by atoms with Crippen molar-refractivity contribution < 1.29 is 4.39 Å². The van der Waals surface area contributed by atoms with Gasteiger partial charge in [-0.15, -0.1) is 0 Å². The van der Waals surface area contributed by atoms with E-state index in [1.807, 2.05) is 0 Å². The summed E-state index contributed by atoms with van der Waals surface area (Å²) >= 11 is 5.96. The average molecular weight is 373 g/mol. The number of imidazole rings is 1. The van der Waals surface area contributed by atoms with Gasteiger partial charge in [0.15, 0.2) is 0 Å². The van der Waals surface area contributed by atoms with Crippen LogP contribution in [0.2, 0.25) is 5.02 Å². The molecule has 3 aromatic rings. The average Bonchev–Trinajstić information content (AvgIpc) is 2.87. The van der Waals surface area contributed by atoms with Crippen molar-refractivity contribution >= 4 is 28.6 Å². The topological polar surface area (TPSA) is 55.9 Å². The van der Waals surface area contributed by atoms with Gasteiger partial charge < -0.3 is 15.6 Å². The van der Waals surface area contributed by atoms with Gasteiger partial charge in [-0.05, 0) is 67.6 Å². The van der Waals surface area contributed by atoms with Gasteiger partial charge in [0.2, 0.25) is 5.95 Å². The Balaban J connectivity index is 1.75. The maximum Gasteiger partial charge on any atom is 0.204 e. The minimum atomic E-state index is -0.404. The second-order valence-electron chi connectivity index (χ2n) is 7.27. The van der Waals surface area contributed by atoms with E-state index in [2.05, 4.69) is 35.9 Å². The predicted molar refractivity (Wildman–Crippen MR) is 104 cm³/mol. The summed E-state index contributed by atoms with van der Waals surface area (Å²) in [7, 11) is 0. The van der Waals surface area contributed by atoms with Crippen molar-refractivity contribution in [2.75, 3.05) is 5.32 Å². The fourth-order valence-corrected chi connectivity index (χ4v) is 3.64. The molecule has 1 aliphatic carbocycles. The van der Waals surface area contributed by atoms with Crippen LogP contribution in [-0.4, -0.2) is 21.6 Å². The van der Waals surface area contributed by atoms with Crippen molar-refractivity contribution in [3.8, 4) is 0 Å². The van der Waals surface area contributed by atoms with Gasteiger partial charge in [-0.3, -0.25) is 0 Å². The molecular weight excluding hydrogens is 351 g/mol. The van der Waals surface area contributed by atoms with Crippen LogP contribution in [0, 0.1) is 19.7 Å². The highest BCUT2D eigenvalue weighted by atomic mass is 35.5. The van der Waals surface area contributed by atoms with Gasteiger partial charge in [0.05, 0.1) is 22.6 Å². The first-order valence-corrected chi connectivity index (χ1v) is 9.22. The summed E-state index contributed by atoms with van der Waals surface area (Å²) in [5, 5.41) is 3.65. The second kappa shape index (κ2) is 6.56. The van der Waals surface area contributed by atoms with Crippen LogP contribution < -0.4 is 11.1 Å². The molecule has 1 aromatic heterocycles. The van der Waals surface area contributed by atoms with Crippen molar-refractivity contribution in [3.05, 3.63) is 57.9 Å². The molecule has 1 aliphatic rings. The number of benzene rings is 2. The fourth-order valence-electron chi connectivity index (χ4n) is 3.43. The SMILES string of the molecule is Cc1cc2nc(NC3CC(N)C3)n(Cc3ccc(F)c(Cl)c3)c2cc1C. The smallest absolute Gasteiger partial charge is 0.204 e. The molecule has 0 bridgehead atoms. The maximum atomic E-state index is 13.5. The third-order valence-corrected chi connectivity index (χ3v) is 5.49. The Morgan fingerprint density at radius 2 is 1.96 bits per heavy atom. The quantitative estimate of drug-likeness (QED) is 0.713. The van der Waals surface area contributed by atoms with Crippen LogP contribution in [0.25, 0.3) is 11.0 Å². The highest BCUT2D eigenvalue weighted by Crippen LogP contribution is 2.28. The van der Waals surface area contributed by atoms with Crippen LogP contribution in [0.1, 0.15) is 29.5 Å². The van der Waals surface area contributed by atoms with Crippen LogP contribution in [-0.2, 0) is 6.54 Å². The number of rotatable bonds is 4. The number of nitrogens with one attached hydrogen (secondary N) is 1.